The van der Waals surface area contributed by atoms with E-state index in [1.807, 2.05) is 0 Å². The molecule has 2 aromatic rings. The molecule has 0 bridgehead atoms. The summed E-state index contributed by atoms with van der Waals surface area (Å²) < 4.78 is 12.1. The Morgan fingerprint density at radius 3 is 1.63 bits per heavy atom. The standard InChI is InChI=1S/C24H35BrO2/c1-2-3-4-12-19-26-23-16-17-24(22-15-10-9-14-21(22)23)27-20-13-8-6-5-7-11-18-25/h9-10,14-17H,2-8,11-13,18-20H2,1H3. The first-order valence-corrected chi connectivity index (χ1v) is 11.8. The average Bonchev–Trinajstić information content (AvgIpc) is 2.70. The van der Waals surface area contributed by atoms with Gasteiger partial charge in [-0.25, -0.2) is 0 Å². The van der Waals surface area contributed by atoms with Gasteiger partial charge in [0.2, 0.25) is 0 Å². The SMILES string of the molecule is CCCCCCOc1ccc(OCCCCCCCCBr)c2ccccc12. The molecule has 0 amide bonds. The van der Waals surface area contributed by atoms with Gasteiger partial charge in [-0.05, 0) is 31.4 Å². The lowest BCUT2D eigenvalue weighted by Gasteiger charge is -2.13. The van der Waals surface area contributed by atoms with E-state index in [2.05, 4.69) is 59.3 Å². The highest BCUT2D eigenvalue weighted by atomic mass is 79.9. The fraction of sp³-hybridized carbons (Fsp3) is 0.583. The highest BCUT2D eigenvalue weighted by molar-refractivity contribution is 9.09. The Morgan fingerprint density at radius 2 is 1.11 bits per heavy atom. The molecule has 0 N–H and O–H groups in total. The number of alkyl halides is 1. The Balaban J connectivity index is 1.82. The van der Waals surface area contributed by atoms with Crippen LogP contribution in [0.15, 0.2) is 36.4 Å². The van der Waals surface area contributed by atoms with Gasteiger partial charge in [0.25, 0.3) is 0 Å². The quantitative estimate of drug-likeness (QED) is 0.209. The van der Waals surface area contributed by atoms with E-state index in [-0.39, 0.29) is 0 Å². The van der Waals surface area contributed by atoms with Gasteiger partial charge < -0.3 is 9.47 Å². The molecule has 0 aliphatic rings. The Bertz CT molecular complexity index is 641. The minimum Gasteiger partial charge on any atom is -0.493 e. The van der Waals surface area contributed by atoms with E-state index in [1.54, 1.807) is 0 Å². The summed E-state index contributed by atoms with van der Waals surface area (Å²) in [5.41, 5.74) is 0. The molecule has 0 heterocycles. The first-order chi connectivity index (χ1) is 13.4. The van der Waals surface area contributed by atoms with Crippen molar-refractivity contribution in [1.29, 1.82) is 0 Å². The van der Waals surface area contributed by atoms with Gasteiger partial charge in [0.05, 0.1) is 13.2 Å². The lowest BCUT2D eigenvalue weighted by atomic mass is 10.1. The summed E-state index contributed by atoms with van der Waals surface area (Å²) in [7, 11) is 0. The highest BCUT2D eigenvalue weighted by Crippen LogP contribution is 2.33. The maximum atomic E-state index is 6.10. The van der Waals surface area contributed by atoms with Crippen LogP contribution in [0.3, 0.4) is 0 Å². The summed E-state index contributed by atoms with van der Waals surface area (Å²) in [6.07, 6.45) is 12.5. The van der Waals surface area contributed by atoms with Crippen LogP contribution in [-0.4, -0.2) is 18.5 Å². The normalized spacial score (nSPS) is 11.0. The van der Waals surface area contributed by atoms with Crippen LogP contribution >= 0.6 is 15.9 Å². The third-order valence-corrected chi connectivity index (χ3v) is 5.45. The molecule has 0 saturated heterocycles. The molecule has 0 unspecified atom stereocenters. The number of ether oxygens (including phenoxy) is 2. The molecule has 2 aromatic carbocycles. The van der Waals surface area contributed by atoms with Crippen molar-refractivity contribution in [2.45, 2.75) is 71.1 Å². The minimum absolute atomic E-state index is 0.791. The number of hydrogen-bond acceptors (Lipinski definition) is 2. The van der Waals surface area contributed by atoms with Crippen molar-refractivity contribution in [3.05, 3.63) is 36.4 Å². The Kier molecular flexibility index (Phi) is 11.3. The van der Waals surface area contributed by atoms with Gasteiger partial charge in [-0.15, -0.1) is 0 Å². The predicted octanol–water partition coefficient (Wildman–Crippen LogP) is 7.91. The van der Waals surface area contributed by atoms with E-state index in [0.29, 0.717) is 0 Å². The van der Waals surface area contributed by atoms with Crippen LogP contribution in [0, 0.1) is 0 Å². The molecule has 150 valence electrons. The number of halogens is 1. The van der Waals surface area contributed by atoms with Gasteiger partial charge in [0.1, 0.15) is 11.5 Å². The van der Waals surface area contributed by atoms with Crippen LogP contribution in [0.5, 0.6) is 11.5 Å². The summed E-state index contributed by atoms with van der Waals surface area (Å²) in [5.74, 6) is 1.95. The summed E-state index contributed by atoms with van der Waals surface area (Å²) in [6.45, 7) is 3.82. The van der Waals surface area contributed by atoms with Gasteiger partial charge in [-0.3, -0.25) is 0 Å². The minimum atomic E-state index is 0.791. The third-order valence-electron chi connectivity index (χ3n) is 4.89. The van der Waals surface area contributed by atoms with Gasteiger partial charge in [-0.2, -0.15) is 0 Å². The second kappa shape index (κ2) is 13.9. The molecule has 0 aliphatic heterocycles. The lowest BCUT2D eigenvalue weighted by Crippen LogP contribution is -2.00. The second-order valence-corrected chi connectivity index (χ2v) is 7.97. The van der Waals surface area contributed by atoms with Crippen LogP contribution in [0.4, 0.5) is 0 Å². The largest absolute Gasteiger partial charge is 0.493 e. The van der Waals surface area contributed by atoms with E-state index in [9.17, 15) is 0 Å². The van der Waals surface area contributed by atoms with E-state index in [4.69, 9.17) is 9.47 Å². The molecular formula is C24H35BrO2. The van der Waals surface area contributed by atoms with Gasteiger partial charge >= 0.3 is 0 Å². The van der Waals surface area contributed by atoms with Crippen molar-refractivity contribution < 1.29 is 9.47 Å². The van der Waals surface area contributed by atoms with Gasteiger partial charge in [-0.1, -0.05) is 92.1 Å². The zero-order chi connectivity index (χ0) is 19.2. The average molecular weight is 435 g/mol. The molecule has 0 saturated carbocycles. The molecule has 0 aromatic heterocycles. The first-order valence-electron chi connectivity index (χ1n) is 10.7. The number of rotatable bonds is 15. The van der Waals surface area contributed by atoms with Crippen molar-refractivity contribution >= 4 is 26.7 Å². The summed E-state index contributed by atoms with van der Waals surface area (Å²) in [6, 6.07) is 12.5. The van der Waals surface area contributed by atoms with Crippen LogP contribution in [-0.2, 0) is 0 Å². The fourth-order valence-corrected chi connectivity index (χ4v) is 3.69. The summed E-state index contributed by atoms with van der Waals surface area (Å²) >= 11 is 3.49. The monoisotopic (exact) mass is 434 g/mol. The smallest absolute Gasteiger partial charge is 0.127 e. The Labute approximate surface area is 173 Å². The third kappa shape index (κ3) is 8.13. The van der Waals surface area contributed by atoms with E-state index >= 15 is 0 Å². The number of hydrogen-bond donors (Lipinski definition) is 0. The van der Waals surface area contributed by atoms with Crippen LogP contribution < -0.4 is 9.47 Å². The van der Waals surface area contributed by atoms with Gasteiger partial charge in [0, 0.05) is 16.1 Å². The fourth-order valence-electron chi connectivity index (χ4n) is 3.29. The molecular weight excluding hydrogens is 400 g/mol. The molecule has 2 rings (SSSR count). The zero-order valence-electron chi connectivity index (χ0n) is 16.9. The topological polar surface area (TPSA) is 18.5 Å². The van der Waals surface area contributed by atoms with Crippen molar-refractivity contribution in [2.24, 2.45) is 0 Å². The number of fused-ring (bicyclic) bond motifs is 1. The van der Waals surface area contributed by atoms with Crippen LogP contribution in [0.25, 0.3) is 10.8 Å². The van der Waals surface area contributed by atoms with E-state index in [1.165, 1.54) is 51.4 Å². The molecule has 0 spiro atoms. The highest BCUT2D eigenvalue weighted by Gasteiger charge is 2.07. The molecule has 0 atom stereocenters. The number of benzene rings is 2. The maximum Gasteiger partial charge on any atom is 0.127 e. The Morgan fingerprint density at radius 1 is 0.630 bits per heavy atom. The molecule has 2 nitrogen and oxygen atoms in total. The molecule has 0 aliphatic carbocycles. The maximum absolute atomic E-state index is 6.10. The van der Waals surface area contributed by atoms with Crippen molar-refractivity contribution in [2.75, 3.05) is 18.5 Å². The van der Waals surface area contributed by atoms with Crippen LogP contribution in [0.2, 0.25) is 0 Å². The van der Waals surface area contributed by atoms with Crippen molar-refractivity contribution in [3.8, 4) is 11.5 Å². The van der Waals surface area contributed by atoms with E-state index < -0.39 is 0 Å². The van der Waals surface area contributed by atoms with Gasteiger partial charge in [0.15, 0.2) is 0 Å². The second-order valence-electron chi connectivity index (χ2n) is 7.18. The Hall–Kier alpha value is -1.22. The van der Waals surface area contributed by atoms with E-state index in [0.717, 1.165) is 53.7 Å². The zero-order valence-corrected chi connectivity index (χ0v) is 18.4. The van der Waals surface area contributed by atoms with Crippen molar-refractivity contribution in [1.82, 2.24) is 0 Å². The predicted molar refractivity (Wildman–Crippen MR) is 121 cm³/mol. The molecule has 3 heteroatoms. The molecule has 0 fully saturated rings. The first kappa shape index (κ1) is 22.1. The lowest BCUT2D eigenvalue weighted by molar-refractivity contribution is 0.301. The summed E-state index contributed by atoms with van der Waals surface area (Å²) in [4.78, 5) is 0. The van der Waals surface area contributed by atoms with Crippen molar-refractivity contribution in [3.63, 3.8) is 0 Å². The number of unbranched alkanes of at least 4 members (excludes halogenated alkanes) is 8. The summed E-state index contributed by atoms with van der Waals surface area (Å²) in [5, 5.41) is 3.43. The molecule has 27 heavy (non-hydrogen) atoms. The van der Waals surface area contributed by atoms with Crippen LogP contribution in [0.1, 0.15) is 71.1 Å². The molecule has 0 radical (unpaired) electrons.